The van der Waals surface area contributed by atoms with Crippen molar-refractivity contribution in [1.29, 1.82) is 0 Å². The molecule has 2 rings (SSSR count). The predicted molar refractivity (Wildman–Crippen MR) is 80.6 cm³/mol. The molecule has 1 aromatic carbocycles. The van der Waals surface area contributed by atoms with Gasteiger partial charge >= 0.3 is 0 Å². The molecule has 0 aliphatic rings. The van der Waals surface area contributed by atoms with Gasteiger partial charge in [-0.3, -0.25) is 0 Å². The topological polar surface area (TPSA) is 39.1 Å². The molecule has 0 spiro atoms. The van der Waals surface area contributed by atoms with Gasteiger partial charge in [0.2, 0.25) is 0 Å². The van der Waals surface area contributed by atoms with Crippen LogP contribution in [0.2, 0.25) is 0 Å². The largest absolute Gasteiger partial charge is 0.372 e. The lowest BCUT2D eigenvalue weighted by atomic mass is 9.99. The second-order valence-electron chi connectivity index (χ2n) is 4.84. The van der Waals surface area contributed by atoms with Crippen molar-refractivity contribution in [3.8, 4) is 0 Å². The molecular formula is C16H23N3O. The van der Waals surface area contributed by atoms with Crippen LogP contribution in [0.4, 0.5) is 0 Å². The van der Waals surface area contributed by atoms with Crippen molar-refractivity contribution in [3.63, 3.8) is 0 Å². The van der Waals surface area contributed by atoms with E-state index in [1.165, 1.54) is 5.56 Å². The highest BCUT2D eigenvalue weighted by Crippen LogP contribution is 2.23. The summed E-state index contributed by atoms with van der Waals surface area (Å²) in [6, 6.07) is 10.5. The van der Waals surface area contributed by atoms with Gasteiger partial charge in [0.05, 0.1) is 6.10 Å². The molecule has 108 valence electrons. The Morgan fingerprint density at radius 2 is 2.05 bits per heavy atom. The van der Waals surface area contributed by atoms with E-state index in [1.54, 1.807) is 0 Å². The van der Waals surface area contributed by atoms with E-state index < -0.39 is 0 Å². The minimum atomic E-state index is 0.0305. The van der Waals surface area contributed by atoms with E-state index in [-0.39, 0.29) is 12.1 Å². The van der Waals surface area contributed by atoms with Gasteiger partial charge < -0.3 is 14.6 Å². The van der Waals surface area contributed by atoms with Crippen molar-refractivity contribution in [2.75, 3.05) is 13.7 Å². The smallest absolute Gasteiger partial charge is 0.110 e. The molecule has 1 heterocycles. The van der Waals surface area contributed by atoms with Gasteiger partial charge in [-0.15, -0.1) is 0 Å². The maximum Gasteiger partial charge on any atom is 0.110 e. The van der Waals surface area contributed by atoms with E-state index in [1.807, 2.05) is 39.5 Å². The standard InChI is InChI=1S/C16H23N3O/c1-4-20-16(13-8-6-5-7-9-13)14(17-2)12-15-18-10-11-19(15)3/h5-11,14,16-17H,4,12H2,1-3H3. The number of likely N-dealkylation sites (N-methyl/N-ethyl adjacent to an activating group) is 1. The van der Waals surface area contributed by atoms with Gasteiger partial charge in [-0.1, -0.05) is 30.3 Å². The summed E-state index contributed by atoms with van der Waals surface area (Å²) >= 11 is 0. The molecule has 4 heteroatoms. The fourth-order valence-corrected chi connectivity index (χ4v) is 2.42. The Morgan fingerprint density at radius 1 is 1.30 bits per heavy atom. The van der Waals surface area contributed by atoms with Gasteiger partial charge in [-0.25, -0.2) is 4.98 Å². The second-order valence-corrected chi connectivity index (χ2v) is 4.84. The third-order valence-corrected chi connectivity index (χ3v) is 3.53. The first-order valence-corrected chi connectivity index (χ1v) is 7.06. The quantitative estimate of drug-likeness (QED) is 0.841. The Morgan fingerprint density at radius 3 is 2.60 bits per heavy atom. The fraction of sp³-hybridized carbons (Fsp3) is 0.438. The summed E-state index contributed by atoms with van der Waals surface area (Å²) in [6.07, 6.45) is 4.67. The van der Waals surface area contributed by atoms with Crippen LogP contribution in [0, 0.1) is 0 Å². The molecule has 0 saturated carbocycles. The number of imidazole rings is 1. The minimum absolute atomic E-state index is 0.0305. The van der Waals surface area contributed by atoms with Crippen molar-refractivity contribution in [2.24, 2.45) is 7.05 Å². The Hall–Kier alpha value is -1.65. The highest BCUT2D eigenvalue weighted by molar-refractivity contribution is 5.20. The zero-order chi connectivity index (χ0) is 14.4. The molecule has 0 saturated heterocycles. The number of hydrogen-bond acceptors (Lipinski definition) is 3. The fourth-order valence-electron chi connectivity index (χ4n) is 2.42. The summed E-state index contributed by atoms with van der Waals surface area (Å²) in [7, 11) is 4.00. The maximum atomic E-state index is 5.97. The highest BCUT2D eigenvalue weighted by atomic mass is 16.5. The van der Waals surface area contributed by atoms with Crippen LogP contribution in [-0.4, -0.2) is 29.2 Å². The van der Waals surface area contributed by atoms with Gasteiger partial charge in [-0.05, 0) is 19.5 Å². The van der Waals surface area contributed by atoms with Crippen LogP contribution in [0.3, 0.4) is 0 Å². The van der Waals surface area contributed by atoms with E-state index in [0.29, 0.717) is 6.61 Å². The van der Waals surface area contributed by atoms with Crippen LogP contribution >= 0.6 is 0 Å². The van der Waals surface area contributed by atoms with E-state index in [9.17, 15) is 0 Å². The van der Waals surface area contributed by atoms with Crippen LogP contribution in [0.1, 0.15) is 24.4 Å². The molecule has 0 aliphatic carbocycles. The monoisotopic (exact) mass is 273 g/mol. The maximum absolute atomic E-state index is 5.97. The minimum Gasteiger partial charge on any atom is -0.372 e. The van der Waals surface area contributed by atoms with Gasteiger partial charge in [-0.2, -0.15) is 0 Å². The molecular weight excluding hydrogens is 250 g/mol. The van der Waals surface area contributed by atoms with E-state index in [4.69, 9.17) is 4.74 Å². The number of ether oxygens (including phenoxy) is 1. The van der Waals surface area contributed by atoms with Crippen LogP contribution in [0.25, 0.3) is 0 Å². The number of hydrogen-bond donors (Lipinski definition) is 1. The zero-order valence-electron chi connectivity index (χ0n) is 12.4. The predicted octanol–water partition coefficient (Wildman–Crippen LogP) is 2.33. The molecule has 1 aromatic heterocycles. The van der Waals surface area contributed by atoms with Crippen LogP contribution < -0.4 is 5.32 Å². The molecule has 0 radical (unpaired) electrons. The molecule has 0 fully saturated rings. The van der Waals surface area contributed by atoms with Crippen molar-refractivity contribution >= 4 is 0 Å². The van der Waals surface area contributed by atoms with Gasteiger partial charge in [0.25, 0.3) is 0 Å². The Balaban J connectivity index is 2.19. The summed E-state index contributed by atoms with van der Waals surface area (Å²) in [6.45, 7) is 2.72. The van der Waals surface area contributed by atoms with E-state index >= 15 is 0 Å². The molecule has 2 atom stereocenters. The lowest BCUT2D eigenvalue weighted by Gasteiger charge is -2.27. The van der Waals surface area contributed by atoms with Gasteiger partial charge in [0.1, 0.15) is 5.82 Å². The van der Waals surface area contributed by atoms with Crippen LogP contribution in [-0.2, 0) is 18.2 Å². The molecule has 0 aliphatic heterocycles. The van der Waals surface area contributed by atoms with Crippen molar-refractivity contribution in [2.45, 2.75) is 25.5 Å². The van der Waals surface area contributed by atoms with Gasteiger partial charge in [0, 0.05) is 38.5 Å². The zero-order valence-corrected chi connectivity index (χ0v) is 12.4. The first-order valence-electron chi connectivity index (χ1n) is 7.06. The number of nitrogens with zero attached hydrogens (tertiary/aromatic N) is 2. The number of benzene rings is 1. The lowest BCUT2D eigenvalue weighted by molar-refractivity contribution is 0.0346. The van der Waals surface area contributed by atoms with Gasteiger partial charge in [0.15, 0.2) is 0 Å². The SMILES string of the molecule is CCOC(c1ccccc1)C(Cc1nccn1C)NC. The molecule has 20 heavy (non-hydrogen) atoms. The Bertz CT molecular complexity index is 509. The summed E-state index contributed by atoms with van der Waals surface area (Å²) in [5.41, 5.74) is 1.20. The number of nitrogens with one attached hydrogen (secondary N) is 1. The van der Waals surface area contributed by atoms with Crippen molar-refractivity contribution in [1.82, 2.24) is 14.9 Å². The highest BCUT2D eigenvalue weighted by Gasteiger charge is 2.23. The molecule has 1 N–H and O–H groups in total. The Kier molecular flexibility index (Phi) is 5.32. The number of rotatable bonds is 7. The lowest BCUT2D eigenvalue weighted by Crippen LogP contribution is -2.36. The third kappa shape index (κ3) is 3.46. The third-order valence-electron chi connectivity index (χ3n) is 3.53. The van der Waals surface area contributed by atoms with E-state index in [0.717, 1.165) is 12.2 Å². The van der Waals surface area contributed by atoms with Crippen molar-refractivity contribution < 1.29 is 4.74 Å². The first kappa shape index (κ1) is 14.8. The molecule has 0 amide bonds. The molecule has 4 nitrogen and oxygen atoms in total. The average molecular weight is 273 g/mol. The summed E-state index contributed by atoms with van der Waals surface area (Å²) < 4.78 is 8.02. The number of aromatic nitrogens is 2. The second kappa shape index (κ2) is 7.22. The summed E-state index contributed by atoms with van der Waals surface area (Å²) in [4.78, 5) is 4.41. The van der Waals surface area contributed by atoms with Crippen LogP contribution in [0.15, 0.2) is 42.7 Å². The van der Waals surface area contributed by atoms with Crippen molar-refractivity contribution in [3.05, 3.63) is 54.1 Å². The van der Waals surface area contributed by atoms with E-state index in [2.05, 4.69) is 39.1 Å². The molecule has 2 unspecified atom stereocenters. The molecule has 2 aromatic rings. The summed E-state index contributed by atoms with van der Waals surface area (Å²) in [5, 5.41) is 3.37. The molecule has 0 bridgehead atoms. The summed E-state index contributed by atoms with van der Waals surface area (Å²) in [5.74, 6) is 1.06. The van der Waals surface area contributed by atoms with Crippen LogP contribution in [0.5, 0.6) is 0 Å². The normalized spacial score (nSPS) is 14.2. The first-order chi connectivity index (χ1) is 9.76. The number of aryl methyl sites for hydroxylation is 1. The Labute approximate surface area is 120 Å². The average Bonchev–Trinajstić information content (AvgIpc) is 2.89.